The molecule has 11 nitrogen and oxygen atoms in total. The Balaban J connectivity index is 1.55. The van der Waals surface area contributed by atoms with Gasteiger partial charge in [0.05, 0.1) is 6.42 Å². The van der Waals surface area contributed by atoms with Crippen molar-refractivity contribution in [3.05, 3.63) is 40.0 Å². The maximum absolute atomic E-state index is 12.8. The Morgan fingerprint density at radius 3 is 2.81 bits per heavy atom. The summed E-state index contributed by atoms with van der Waals surface area (Å²) in [7, 11) is 1.66. The minimum atomic E-state index is -1.34. The second-order valence-electron chi connectivity index (χ2n) is 6.99. The van der Waals surface area contributed by atoms with Crippen molar-refractivity contribution in [2.75, 3.05) is 5.75 Å². The number of thiophene rings is 1. The minimum absolute atomic E-state index is 0.142. The monoisotopic (exact) mass is 494 g/mol. The number of carboxylic acid groups (broad SMARTS) is 1. The summed E-state index contributed by atoms with van der Waals surface area (Å²) in [6, 6.07) is 2.82. The molecule has 3 unspecified atom stereocenters. The molecule has 3 atom stereocenters. The average molecular weight is 495 g/mol. The highest BCUT2D eigenvalue weighted by Crippen LogP contribution is 2.43. The number of fused-ring (bicyclic) bond motifs is 1. The smallest absolute Gasteiger partial charge is 0.352 e. The number of hydrogen-bond acceptors (Lipinski definition) is 9. The van der Waals surface area contributed by atoms with Crippen LogP contribution in [0, 0.1) is 0 Å². The maximum Gasteiger partial charge on any atom is 0.352 e. The topological polar surface area (TPSA) is 161 Å². The fraction of sp³-hybridized carbons (Fsp3) is 0.333. The summed E-state index contributed by atoms with van der Waals surface area (Å²) in [5.41, 5.74) is 5.48. The molecule has 32 heavy (non-hydrogen) atoms. The molecule has 0 aliphatic carbocycles. The molecule has 1 fully saturated rings. The molecule has 1 saturated heterocycles. The van der Waals surface area contributed by atoms with Crippen molar-refractivity contribution in [3.8, 4) is 0 Å². The van der Waals surface area contributed by atoms with E-state index in [9.17, 15) is 24.3 Å². The molecule has 2 aliphatic rings. The van der Waals surface area contributed by atoms with Crippen molar-refractivity contribution in [3.63, 3.8) is 0 Å². The van der Waals surface area contributed by atoms with Gasteiger partial charge in [-0.15, -0.1) is 28.2 Å². The zero-order valence-electron chi connectivity index (χ0n) is 16.6. The van der Waals surface area contributed by atoms with E-state index in [2.05, 4.69) is 15.4 Å². The third kappa shape index (κ3) is 4.25. The number of aromatic nitrogens is 3. The average Bonchev–Trinajstić information content (AvgIpc) is 3.40. The molecule has 2 aromatic rings. The first-order valence-electron chi connectivity index (χ1n) is 9.30. The van der Waals surface area contributed by atoms with Crippen molar-refractivity contribution >= 4 is 58.6 Å². The van der Waals surface area contributed by atoms with Gasteiger partial charge in [-0.05, 0) is 17.0 Å². The molecule has 3 amide bonds. The van der Waals surface area contributed by atoms with Gasteiger partial charge < -0.3 is 16.2 Å². The van der Waals surface area contributed by atoms with Crippen molar-refractivity contribution in [1.82, 2.24) is 25.0 Å². The standard InChI is InChI=1S/C18H18N6O5S3/c1-23-7-20-18(22-23)32-13(14(19)26)9-6-31-16-11(15(27)24(16)12(9)17(28)29)21-10(25)5-8-3-2-4-30-8/h2-4,7,11,13,16H,5-6H2,1H3,(H2,19,26)(H,21,25)(H,28,29). The van der Waals surface area contributed by atoms with E-state index in [1.807, 2.05) is 17.5 Å². The maximum atomic E-state index is 12.8. The second kappa shape index (κ2) is 8.96. The van der Waals surface area contributed by atoms with Gasteiger partial charge in [0.1, 0.15) is 28.7 Å². The van der Waals surface area contributed by atoms with Crippen molar-refractivity contribution in [2.24, 2.45) is 12.8 Å². The van der Waals surface area contributed by atoms with E-state index in [4.69, 9.17) is 5.73 Å². The largest absolute Gasteiger partial charge is 0.477 e. The number of amides is 3. The normalized spacial score (nSPS) is 21.0. The number of nitrogens with zero attached hydrogens (tertiary/aromatic N) is 4. The quantitative estimate of drug-likeness (QED) is 0.333. The third-order valence-electron chi connectivity index (χ3n) is 4.81. The number of hydrogen-bond donors (Lipinski definition) is 3. The Morgan fingerprint density at radius 1 is 1.44 bits per heavy atom. The van der Waals surface area contributed by atoms with Crippen LogP contribution in [-0.4, -0.2) is 70.9 Å². The van der Waals surface area contributed by atoms with Crippen LogP contribution in [-0.2, 0) is 32.6 Å². The number of carbonyl (C=O) groups is 4. The van der Waals surface area contributed by atoms with E-state index in [1.165, 1.54) is 34.1 Å². The molecule has 0 aromatic carbocycles. The van der Waals surface area contributed by atoms with Crippen LogP contribution in [0.4, 0.5) is 0 Å². The Labute approximate surface area is 194 Å². The van der Waals surface area contributed by atoms with Gasteiger partial charge >= 0.3 is 5.97 Å². The number of rotatable bonds is 8. The minimum Gasteiger partial charge on any atom is -0.477 e. The van der Waals surface area contributed by atoms with Crippen LogP contribution in [0.5, 0.6) is 0 Å². The van der Waals surface area contributed by atoms with Crippen molar-refractivity contribution in [2.45, 2.75) is 28.2 Å². The molecule has 168 valence electrons. The molecular weight excluding hydrogens is 476 g/mol. The first-order chi connectivity index (χ1) is 15.3. The molecule has 0 bridgehead atoms. The SMILES string of the molecule is Cn1cnc(SC(C(N)=O)C2=C(C(=O)O)N3C(=O)C(NC(=O)Cc4cccs4)C3SC2)n1. The third-order valence-corrected chi connectivity index (χ3v) is 8.14. The van der Waals surface area contributed by atoms with E-state index < -0.39 is 34.4 Å². The number of nitrogens with two attached hydrogens (primary N) is 1. The number of carboxylic acids is 1. The molecule has 4 N–H and O–H groups in total. The summed E-state index contributed by atoms with van der Waals surface area (Å²) in [6.45, 7) is 0. The lowest BCUT2D eigenvalue weighted by atomic mass is 10.0. The van der Waals surface area contributed by atoms with Crippen molar-refractivity contribution < 1.29 is 24.3 Å². The Kier molecular flexibility index (Phi) is 6.26. The zero-order valence-corrected chi connectivity index (χ0v) is 19.1. The highest BCUT2D eigenvalue weighted by Gasteiger charge is 2.55. The number of β-lactam (4-membered cyclic amide) rings is 1. The molecule has 0 saturated carbocycles. The summed E-state index contributed by atoms with van der Waals surface area (Å²) in [6.07, 6.45) is 1.59. The first kappa shape index (κ1) is 22.4. The lowest BCUT2D eigenvalue weighted by molar-refractivity contribution is -0.150. The number of aryl methyl sites for hydroxylation is 1. The fourth-order valence-electron chi connectivity index (χ4n) is 3.42. The van der Waals surface area contributed by atoms with Crippen LogP contribution in [0.15, 0.2) is 40.3 Å². The van der Waals surface area contributed by atoms with E-state index in [-0.39, 0.29) is 34.5 Å². The predicted molar refractivity (Wildman–Crippen MR) is 118 cm³/mol. The van der Waals surface area contributed by atoms with Crippen LogP contribution in [0.3, 0.4) is 0 Å². The summed E-state index contributed by atoms with van der Waals surface area (Å²) in [5, 5.41) is 17.1. The van der Waals surface area contributed by atoms with E-state index in [1.54, 1.807) is 7.05 Å². The number of primary amides is 1. The van der Waals surface area contributed by atoms with Gasteiger partial charge in [-0.3, -0.25) is 24.0 Å². The molecule has 4 heterocycles. The molecule has 4 rings (SSSR count). The van der Waals surface area contributed by atoms with Gasteiger partial charge in [-0.1, -0.05) is 17.8 Å². The van der Waals surface area contributed by atoms with Gasteiger partial charge in [-0.2, -0.15) is 0 Å². The fourth-order valence-corrected chi connectivity index (χ4v) is 6.57. The first-order valence-corrected chi connectivity index (χ1v) is 12.1. The number of carbonyl (C=O) groups excluding carboxylic acids is 3. The van der Waals surface area contributed by atoms with Gasteiger partial charge in [-0.25, -0.2) is 9.78 Å². The van der Waals surface area contributed by atoms with E-state index in [0.717, 1.165) is 21.5 Å². The van der Waals surface area contributed by atoms with Gasteiger partial charge in [0.2, 0.25) is 17.0 Å². The van der Waals surface area contributed by atoms with Crippen LogP contribution in [0.2, 0.25) is 0 Å². The van der Waals surface area contributed by atoms with E-state index >= 15 is 0 Å². The predicted octanol–water partition coefficient (Wildman–Crippen LogP) is -0.196. The summed E-state index contributed by atoms with van der Waals surface area (Å²) in [4.78, 5) is 55.4. The summed E-state index contributed by atoms with van der Waals surface area (Å²) >= 11 is 3.63. The molecule has 0 spiro atoms. The van der Waals surface area contributed by atoms with Crippen LogP contribution >= 0.6 is 34.9 Å². The van der Waals surface area contributed by atoms with Crippen LogP contribution in [0.25, 0.3) is 0 Å². The molecule has 14 heteroatoms. The number of thioether (sulfide) groups is 2. The highest BCUT2D eigenvalue weighted by atomic mass is 32.2. The molecule has 0 radical (unpaired) electrons. The Bertz CT molecular complexity index is 1110. The second-order valence-corrected chi connectivity index (χ2v) is 10.2. The lowest BCUT2D eigenvalue weighted by Gasteiger charge is -2.49. The van der Waals surface area contributed by atoms with Gasteiger partial charge in [0.25, 0.3) is 5.91 Å². The number of nitrogens with one attached hydrogen (secondary N) is 1. The van der Waals surface area contributed by atoms with Crippen LogP contribution < -0.4 is 11.1 Å². The van der Waals surface area contributed by atoms with Crippen molar-refractivity contribution in [1.29, 1.82) is 0 Å². The van der Waals surface area contributed by atoms with E-state index in [0.29, 0.717) is 0 Å². The molecular formula is C18H18N6O5S3. The van der Waals surface area contributed by atoms with Gasteiger partial charge in [0.15, 0.2) is 0 Å². The molecule has 2 aliphatic heterocycles. The van der Waals surface area contributed by atoms with Gasteiger partial charge in [0, 0.05) is 17.7 Å². The lowest BCUT2D eigenvalue weighted by Crippen LogP contribution is -2.71. The molecule has 2 aromatic heterocycles. The zero-order chi connectivity index (χ0) is 23.0. The Morgan fingerprint density at radius 2 is 2.22 bits per heavy atom. The summed E-state index contributed by atoms with van der Waals surface area (Å²) in [5.74, 6) is -2.81. The summed E-state index contributed by atoms with van der Waals surface area (Å²) < 4.78 is 1.45. The Hall–Kier alpha value is -2.84. The van der Waals surface area contributed by atoms with Crippen LogP contribution in [0.1, 0.15) is 4.88 Å². The number of aliphatic carboxylic acids is 1. The highest BCUT2D eigenvalue weighted by molar-refractivity contribution is 8.01.